The summed E-state index contributed by atoms with van der Waals surface area (Å²) in [5, 5.41) is 3.62. The molecule has 2 aromatic carbocycles. The van der Waals surface area contributed by atoms with Crippen LogP contribution < -0.4 is 5.32 Å². The Bertz CT molecular complexity index is 571. The van der Waals surface area contributed by atoms with Crippen LogP contribution in [0, 0.1) is 3.57 Å². The number of benzene rings is 2. The van der Waals surface area contributed by atoms with E-state index in [0.717, 1.165) is 24.9 Å². The molecule has 2 nitrogen and oxygen atoms in total. The van der Waals surface area contributed by atoms with E-state index in [2.05, 4.69) is 27.9 Å². The zero-order valence-corrected chi connectivity index (χ0v) is 14.3. The number of halogens is 2. The summed E-state index contributed by atoms with van der Waals surface area (Å²) >= 11 is 9.71. The minimum absolute atomic E-state index is 0.0349. The Balaban J connectivity index is 1.75. The van der Waals surface area contributed by atoms with Gasteiger partial charge in [0.1, 0.15) is 0 Å². The summed E-state index contributed by atoms with van der Waals surface area (Å²) in [4.78, 5) is 12.9. The molecule has 0 radical (unpaired) electrons. The standard InChI is InChI=1S/C15H13ClINOS/c16-11-1-7-14(8-2-11)20-10-9-15(19)18-13-5-3-12(17)4-6-13/h1-8H,9-10H2,(H,18,19). The molecule has 104 valence electrons. The number of thioether (sulfide) groups is 1. The Labute approximate surface area is 141 Å². The first kappa shape index (κ1) is 15.7. The molecule has 0 saturated heterocycles. The SMILES string of the molecule is O=C(CCSc1ccc(Cl)cc1)Nc1ccc(I)cc1. The number of hydrogen-bond donors (Lipinski definition) is 1. The van der Waals surface area contributed by atoms with Crippen molar-refractivity contribution in [1.29, 1.82) is 0 Å². The maximum absolute atomic E-state index is 11.8. The van der Waals surface area contributed by atoms with E-state index < -0.39 is 0 Å². The maximum Gasteiger partial charge on any atom is 0.225 e. The van der Waals surface area contributed by atoms with E-state index in [1.165, 1.54) is 0 Å². The second-order valence-electron chi connectivity index (χ2n) is 4.11. The molecule has 0 unspecified atom stereocenters. The molecule has 20 heavy (non-hydrogen) atoms. The monoisotopic (exact) mass is 417 g/mol. The quantitative estimate of drug-likeness (QED) is 0.544. The van der Waals surface area contributed by atoms with Crippen LogP contribution in [0.4, 0.5) is 5.69 Å². The van der Waals surface area contributed by atoms with E-state index in [9.17, 15) is 4.79 Å². The Kier molecular flexibility index (Phi) is 6.19. The molecule has 0 fully saturated rings. The predicted molar refractivity (Wildman–Crippen MR) is 94.6 cm³/mol. The number of hydrogen-bond acceptors (Lipinski definition) is 2. The number of carbonyl (C=O) groups excluding carboxylic acids is 1. The Morgan fingerprint density at radius 1 is 1.10 bits per heavy atom. The van der Waals surface area contributed by atoms with Crippen molar-refractivity contribution < 1.29 is 4.79 Å². The van der Waals surface area contributed by atoms with Crippen LogP contribution in [0.15, 0.2) is 53.4 Å². The highest BCUT2D eigenvalue weighted by Gasteiger charge is 2.03. The summed E-state index contributed by atoms with van der Waals surface area (Å²) in [7, 11) is 0. The summed E-state index contributed by atoms with van der Waals surface area (Å²) in [6.07, 6.45) is 0.485. The molecule has 5 heteroatoms. The molecule has 0 saturated carbocycles. The average molecular weight is 418 g/mol. The molecule has 2 aromatic rings. The van der Waals surface area contributed by atoms with Crippen molar-refractivity contribution in [2.24, 2.45) is 0 Å². The van der Waals surface area contributed by atoms with E-state index in [-0.39, 0.29) is 5.91 Å². The normalized spacial score (nSPS) is 10.3. The topological polar surface area (TPSA) is 29.1 Å². The molecule has 0 bridgehead atoms. The first-order valence-electron chi connectivity index (χ1n) is 6.07. The summed E-state index contributed by atoms with van der Waals surface area (Å²) in [5.41, 5.74) is 0.840. The van der Waals surface area contributed by atoms with Gasteiger partial charge in [0, 0.05) is 31.3 Å². The van der Waals surface area contributed by atoms with Crippen molar-refractivity contribution in [1.82, 2.24) is 0 Å². The van der Waals surface area contributed by atoms with Crippen LogP contribution in [0.1, 0.15) is 6.42 Å². The molecule has 0 heterocycles. The zero-order valence-electron chi connectivity index (χ0n) is 10.6. The fourth-order valence-electron chi connectivity index (χ4n) is 1.55. The molecule has 0 aliphatic heterocycles. The molecule has 0 aliphatic carbocycles. The first-order valence-corrected chi connectivity index (χ1v) is 8.51. The van der Waals surface area contributed by atoms with Gasteiger partial charge in [0.15, 0.2) is 0 Å². The summed E-state index contributed by atoms with van der Waals surface area (Å²) in [5.74, 6) is 0.783. The van der Waals surface area contributed by atoms with E-state index >= 15 is 0 Å². The number of carbonyl (C=O) groups is 1. The maximum atomic E-state index is 11.8. The largest absolute Gasteiger partial charge is 0.326 e. The van der Waals surface area contributed by atoms with Crippen molar-refractivity contribution >= 4 is 57.5 Å². The van der Waals surface area contributed by atoms with E-state index in [4.69, 9.17) is 11.6 Å². The number of amides is 1. The molecule has 0 aromatic heterocycles. The van der Waals surface area contributed by atoms with Gasteiger partial charge in [-0.25, -0.2) is 0 Å². The smallest absolute Gasteiger partial charge is 0.225 e. The molecular weight excluding hydrogens is 405 g/mol. The zero-order chi connectivity index (χ0) is 14.4. The van der Waals surface area contributed by atoms with Gasteiger partial charge in [-0.15, -0.1) is 11.8 Å². The van der Waals surface area contributed by atoms with Gasteiger partial charge >= 0.3 is 0 Å². The van der Waals surface area contributed by atoms with Crippen molar-refractivity contribution in [3.63, 3.8) is 0 Å². The summed E-state index contributed by atoms with van der Waals surface area (Å²) < 4.78 is 1.15. The predicted octanol–water partition coefficient (Wildman–Crippen LogP) is 5.07. The third-order valence-electron chi connectivity index (χ3n) is 2.54. The van der Waals surface area contributed by atoms with Gasteiger partial charge in [-0.2, -0.15) is 0 Å². The lowest BCUT2D eigenvalue weighted by atomic mass is 10.3. The van der Waals surface area contributed by atoms with E-state index in [1.54, 1.807) is 11.8 Å². The molecule has 0 atom stereocenters. The average Bonchev–Trinajstić information content (AvgIpc) is 2.44. The number of anilines is 1. The van der Waals surface area contributed by atoms with Gasteiger partial charge in [-0.05, 0) is 71.1 Å². The number of nitrogens with one attached hydrogen (secondary N) is 1. The molecule has 2 rings (SSSR count). The van der Waals surface area contributed by atoms with Gasteiger partial charge in [-0.1, -0.05) is 11.6 Å². The minimum atomic E-state index is 0.0349. The van der Waals surface area contributed by atoms with Crippen LogP contribution in [0.5, 0.6) is 0 Å². The second-order valence-corrected chi connectivity index (χ2v) is 6.96. The lowest BCUT2D eigenvalue weighted by molar-refractivity contribution is -0.115. The van der Waals surface area contributed by atoms with Crippen LogP contribution in [0.25, 0.3) is 0 Å². The molecule has 1 amide bonds. The summed E-state index contributed by atoms with van der Waals surface area (Å²) in [6, 6.07) is 15.4. The Morgan fingerprint density at radius 2 is 1.75 bits per heavy atom. The third-order valence-corrected chi connectivity index (χ3v) is 4.52. The molecular formula is C15H13ClINOS. The lowest BCUT2D eigenvalue weighted by Gasteiger charge is -2.05. The number of rotatable bonds is 5. The van der Waals surface area contributed by atoms with Crippen molar-refractivity contribution in [2.75, 3.05) is 11.1 Å². The highest BCUT2D eigenvalue weighted by molar-refractivity contribution is 14.1. The Morgan fingerprint density at radius 3 is 2.40 bits per heavy atom. The van der Waals surface area contributed by atoms with Gasteiger partial charge in [-0.3, -0.25) is 4.79 Å². The Hall–Kier alpha value is -0.720. The highest BCUT2D eigenvalue weighted by atomic mass is 127. The molecule has 1 N–H and O–H groups in total. The van der Waals surface area contributed by atoms with E-state index in [1.807, 2.05) is 48.5 Å². The molecule has 0 spiro atoms. The fraction of sp³-hybridized carbons (Fsp3) is 0.133. The minimum Gasteiger partial charge on any atom is -0.326 e. The van der Waals surface area contributed by atoms with Gasteiger partial charge in [0.25, 0.3) is 0 Å². The van der Waals surface area contributed by atoms with Crippen LogP contribution in [-0.2, 0) is 4.79 Å². The van der Waals surface area contributed by atoms with Crippen molar-refractivity contribution in [3.05, 3.63) is 57.1 Å². The van der Waals surface area contributed by atoms with Gasteiger partial charge < -0.3 is 5.32 Å². The lowest BCUT2D eigenvalue weighted by Crippen LogP contribution is -2.12. The van der Waals surface area contributed by atoms with Crippen LogP contribution in [0.2, 0.25) is 5.02 Å². The van der Waals surface area contributed by atoms with Crippen LogP contribution in [-0.4, -0.2) is 11.7 Å². The van der Waals surface area contributed by atoms with Gasteiger partial charge in [0.05, 0.1) is 0 Å². The van der Waals surface area contributed by atoms with Crippen LogP contribution in [0.3, 0.4) is 0 Å². The first-order chi connectivity index (χ1) is 9.63. The highest BCUT2D eigenvalue weighted by Crippen LogP contribution is 2.21. The van der Waals surface area contributed by atoms with E-state index in [0.29, 0.717) is 6.42 Å². The van der Waals surface area contributed by atoms with Crippen molar-refractivity contribution in [3.8, 4) is 0 Å². The molecule has 0 aliphatic rings. The van der Waals surface area contributed by atoms with Crippen molar-refractivity contribution in [2.45, 2.75) is 11.3 Å². The van der Waals surface area contributed by atoms with Gasteiger partial charge in [0.2, 0.25) is 5.91 Å². The summed E-state index contributed by atoms with van der Waals surface area (Å²) in [6.45, 7) is 0. The fourth-order valence-corrected chi connectivity index (χ4v) is 2.89. The second kappa shape index (κ2) is 7.90. The van der Waals surface area contributed by atoms with Crippen LogP contribution >= 0.6 is 46.0 Å². The third kappa shape index (κ3) is 5.34.